The Morgan fingerprint density at radius 3 is 2.50 bits per heavy atom. The van der Waals surface area contributed by atoms with Crippen LogP contribution in [0.25, 0.3) is 0 Å². The molecule has 0 spiro atoms. The standard InChI is InChI=1S/C16H21ClN2O3/c17-12-5-4-11(10-15(12)21)16(22)19-8-6-18(7-9-19)13-2-1-3-14(13)20/h4-5,10,13-14,20-21H,1-3,6-9H2. The van der Waals surface area contributed by atoms with E-state index >= 15 is 0 Å². The van der Waals surface area contributed by atoms with Crippen LogP contribution in [0.5, 0.6) is 5.75 Å². The van der Waals surface area contributed by atoms with Crippen molar-refractivity contribution < 1.29 is 15.0 Å². The molecule has 0 radical (unpaired) electrons. The van der Waals surface area contributed by atoms with Gasteiger partial charge in [0.15, 0.2) is 0 Å². The van der Waals surface area contributed by atoms with Crippen LogP contribution in [-0.2, 0) is 0 Å². The summed E-state index contributed by atoms with van der Waals surface area (Å²) in [6.45, 7) is 2.86. The normalized spacial score (nSPS) is 26.4. The predicted molar refractivity (Wildman–Crippen MR) is 84.2 cm³/mol. The largest absolute Gasteiger partial charge is 0.506 e. The van der Waals surface area contributed by atoms with E-state index in [1.54, 1.807) is 11.0 Å². The summed E-state index contributed by atoms with van der Waals surface area (Å²) in [4.78, 5) is 16.5. The summed E-state index contributed by atoms with van der Waals surface area (Å²) in [7, 11) is 0. The van der Waals surface area contributed by atoms with Gasteiger partial charge in [-0.05, 0) is 37.5 Å². The highest BCUT2D eigenvalue weighted by Crippen LogP contribution is 2.27. The number of benzene rings is 1. The van der Waals surface area contributed by atoms with Gasteiger partial charge in [0.2, 0.25) is 0 Å². The number of aliphatic hydroxyl groups excluding tert-OH is 1. The zero-order chi connectivity index (χ0) is 15.7. The Bertz CT molecular complexity index is 558. The summed E-state index contributed by atoms with van der Waals surface area (Å²) in [5.41, 5.74) is 0.455. The molecular formula is C16H21ClN2O3. The number of hydrogen-bond acceptors (Lipinski definition) is 4. The van der Waals surface area contributed by atoms with Crippen LogP contribution in [0.3, 0.4) is 0 Å². The smallest absolute Gasteiger partial charge is 0.254 e. The van der Waals surface area contributed by atoms with Gasteiger partial charge in [0.05, 0.1) is 11.1 Å². The molecule has 6 heteroatoms. The van der Waals surface area contributed by atoms with Crippen molar-refractivity contribution >= 4 is 17.5 Å². The van der Waals surface area contributed by atoms with E-state index in [9.17, 15) is 15.0 Å². The quantitative estimate of drug-likeness (QED) is 0.869. The van der Waals surface area contributed by atoms with Crippen molar-refractivity contribution in [2.24, 2.45) is 0 Å². The molecule has 1 aliphatic heterocycles. The number of carbonyl (C=O) groups is 1. The van der Waals surface area contributed by atoms with Gasteiger partial charge in [0.1, 0.15) is 5.75 Å². The van der Waals surface area contributed by atoms with E-state index in [0.29, 0.717) is 18.7 Å². The topological polar surface area (TPSA) is 64.0 Å². The molecule has 2 atom stereocenters. The summed E-state index contributed by atoms with van der Waals surface area (Å²) in [6.07, 6.45) is 2.78. The SMILES string of the molecule is O=C(c1ccc(Cl)c(O)c1)N1CCN(C2CCCC2O)CC1. The minimum absolute atomic E-state index is 0.0692. The fraction of sp³-hybridized carbons (Fsp3) is 0.562. The van der Waals surface area contributed by atoms with Crippen molar-refractivity contribution in [1.82, 2.24) is 9.80 Å². The lowest BCUT2D eigenvalue weighted by Gasteiger charge is -2.39. The number of halogens is 1. The second kappa shape index (κ2) is 6.44. The molecule has 1 aromatic rings. The van der Waals surface area contributed by atoms with Crippen LogP contribution in [-0.4, -0.2) is 64.2 Å². The summed E-state index contributed by atoms with van der Waals surface area (Å²) >= 11 is 5.77. The predicted octanol–water partition coefficient (Wildman–Crippen LogP) is 1.72. The number of phenols is 1. The number of rotatable bonds is 2. The maximum absolute atomic E-state index is 12.5. The molecular weight excluding hydrogens is 304 g/mol. The molecule has 2 aliphatic rings. The van der Waals surface area contributed by atoms with E-state index < -0.39 is 0 Å². The van der Waals surface area contributed by atoms with Gasteiger partial charge in [-0.2, -0.15) is 0 Å². The third-order valence-electron chi connectivity index (χ3n) is 4.71. The van der Waals surface area contributed by atoms with Gasteiger partial charge < -0.3 is 15.1 Å². The first-order valence-corrected chi connectivity index (χ1v) is 8.14. The van der Waals surface area contributed by atoms with E-state index in [-0.39, 0.29) is 28.8 Å². The van der Waals surface area contributed by atoms with Crippen molar-refractivity contribution in [3.8, 4) is 5.75 Å². The third-order valence-corrected chi connectivity index (χ3v) is 5.03. The van der Waals surface area contributed by atoms with Gasteiger partial charge in [0.25, 0.3) is 5.91 Å². The van der Waals surface area contributed by atoms with Gasteiger partial charge in [-0.25, -0.2) is 0 Å². The highest BCUT2D eigenvalue weighted by molar-refractivity contribution is 6.32. The lowest BCUT2D eigenvalue weighted by Crippen LogP contribution is -2.53. The number of carbonyl (C=O) groups excluding carboxylic acids is 1. The monoisotopic (exact) mass is 324 g/mol. The van der Waals surface area contributed by atoms with Gasteiger partial charge in [-0.3, -0.25) is 9.69 Å². The minimum Gasteiger partial charge on any atom is -0.506 e. The molecule has 120 valence electrons. The fourth-order valence-corrected chi connectivity index (χ4v) is 3.55. The first-order valence-electron chi connectivity index (χ1n) is 7.76. The fourth-order valence-electron chi connectivity index (χ4n) is 3.43. The molecule has 0 bridgehead atoms. The number of nitrogens with zero attached hydrogens (tertiary/aromatic N) is 2. The highest BCUT2D eigenvalue weighted by atomic mass is 35.5. The van der Waals surface area contributed by atoms with E-state index in [4.69, 9.17) is 11.6 Å². The first-order chi connectivity index (χ1) is 10.6. The Balaban J connectivity index is 1.61. The molecule has 2 fully saturated rings. The first kappa shape index (κ1) is 15.6. The van der Waals surface area contributed by atoms with Crippen molar-refractivity contribution in [3.63, 3.8) is 0 Å². The number of hydrogen-bond donors (Lipinski definition) is 2. The Labute approximate surface area is 135 Å². The van der Waals surface area contributed by atoms with Crippen LogP contribution in [0.2, 0.25) is 5.02 Å². The molecule has 1 heterocycles. The van der Waals surface area contributed by atoms with Crippen molar-refractivity contribution in [1.29, 1.82) is 0 Å². The Morgan fingerprint density at radius 2 is 1.91 bits per heavy atom. The molecule has 5 nitrogen and oxygen atoms in total. The van der Waals surface area contributed by atoms with Crippen LogP contribution < -0.4 is 0 Å². The molecule has 1 aliphatic carbocycles. The molecule has 3 rings (SSSR count). The molecule has 1 saturated heterocycles. The maximum Gasteiger partial charge on any atom is 0.254 e. The molecule has 1 amide bonds. The Morgan fingerprint density at radius 1 is 1.18 bits per heavy atom. The molecule has 2 unspecified atom stereocenters. The van der Waals surface area contributed by atoms with E-state index in [1.165, 1.54) is 12.1 Å². The van der Waals surface area contributed by atoms with Crippen LogP contribution in [0.4, 0.5) is 0 Å². The van der Waals surface area contributed by atoms with E-state index in [1.807, 2.05) is 0 Å². The average molecular weight is 325 g/mol. The molecule has 2 N–H and O–H groups in total. The Hall–Kier alpha value is -1.30. The van der Waals surface area contributed by atoms with Gasteiger partial charge in [-0.15, -0.1) is 0 Å². The van der Waals surface area contributed by atoms with Crippen LogP contribution in [0.1, 0.15) is 29.6 Å². The third kappa shape index (κ3) is 3.07. The average Bonchev–Trinajstić information content (AvgIpc) is 2.95. The lowest BCUT2D eigenvalue weighted by molar-refractivity contribution is 0.0315. The molecule has 1 aromatic carbocycles. The Kier molecular flexibility index (Phi) is 4.57. The summed E-state index contributed by atoms with van der Waals surface area (Å²) in [5.74, 6) is -0.154. The number of phenolic OH excluding ortho intramolecular Hbond substituents is 1. The number of amides is 1. The van der Waals surface area contributed by atoms with Crippen LogP contribution in [0, 0.1) is 0 Å². The maximum atomic E-state index is 12.5. The minimum atomic E-state index is -0.226. The van der Waals surface area contributed by atoms with Crippen molar-refractivity contribution in [2.45, 2.75) is 31.4 Å². The van der Waals surface area contributed by atoms with Gasteiger partial charge in [0, 0.05) is 37.8 Å². The summed E-state index contributed by atoms with van der Waals surface area (Å²) < 4.78 is 0. The van der Waals surface area contributed by atoms with Crippen LogP contribution >= 0.6 is 11.6 Å². The zero-order valence-corrected chi connectivity index (χ0v) is 13.2. The van der Waals surface area contributed by atoms with Crippen LogP contribution in [0.15, 0.2) is 18.2 Å². The van der Waals surface area contributed by atoms with Gasteiger partial charge >= 0.3 is 0 Å². The van der Waals surface area contributed by atoms with Crippen molar-refractivity contribution in [2.75, 3.05) is 26.2 Å². The second-order valence-corrected chi connectivity index (χ2v) is 6.47. The zero-order valence-electron chi connectivity index (χ0n) is 12.4. The van der Waals surface area contributed by atoms with Gasteiger partial charge in [-0.1, -0.05) is 11.6 Å². The number of piperazine rings is 1. The molecule has 22 heavy (non-hydrogen) atoms. The lowest BCUT2D eigenvalue weighted by atomic mass is 10.1. The van der Waals surface area contributed by atoms with Crippen molar-refractivity contribution in [3.05, 3.63) is 28.8 Å². The van der Waals surface area contributed by atoms with E-state index in [0.717, 1.165) is 32.4 Å². The second-order valence-electron chi connectivity index (χ2n) is 6.06. The number of aromatic hydroxyl groups is 1. The van der Waals surface area contributed by atoms with E-state index in [2.05, 4.69) is 4.90 Å². The summed E-state index contributed by atoms with van der Waals surface area (Å²) in [6, 6.07) is 4.83. The highest BCUT2D eigenvalue weighted by Gasteiger charge is 2.33. The molecule has 0 aromatic heterocycles. The number of aliphatic hydroxyl groups is 1. The molecule has 1 saturated carbocycles. The summed E-state index contributed by atoms with van der Waals surface area (Å²) in [5, 5.41) is 19.9.